The third-order valence-electron chi connectivity index (χ3n) is 6.92. The van der Waals surface area contributed by atoms with Gasteiger partial charge in [0.25, 0.3) is 6.01 Å². The highest BCUT2D eigenvalue weighted by molar-refractivity contribution is 5.87. The zero-order chi connectivity index (χ0) is 28.7. The van der Waals surface area contributed by atoms with Crippen LogP contribution in [0.2, 0.25) is 0 Å². The predicted molar refractivity (Wildman–Crippen MR) is 150 cm³/mol. The lowest BCUT2D eigenvalue weighted by Gasteiger charge is -2.18. The van der Waals surface area contributed by atoms with Crippen molar-refractivity contribution in [2.45, 2.75) is 25.8 Å². The third-order valence-corrected chi connectivity index (χ3v) is 6.92. The molecule has 2 aromatic carbocycles. The number of benzene rings is 2. The lowest BCUT2D eigenvalue weighted by Crippen LogP contribution is -2.25. The number of nitrogens with zero attached hydrogens (tertiary/aromatic N) is 7. The normalized spacial score (nSPS) is 13.3. The Morgan fingerprint density at radius 3 is 2.83 bits per heavy atom. The van der Waals surface area contributed by atoms with Gasteiger partial charge < -0.3 is 15.2 Å². The molecule has 5 aromatic rings. The van der Waals surface area contributed by atoms with E-state index in [0.717, 1.165) is 5.56 Å². The van der Waals surface area contributed by atoms with Crippen LogP contribution >= 0.6 is 0 Å². The number of halogens is 1. The summed E-state index contributed by atoms with van der Waals surface area (Å²) >= 11 is 0. The van der Waals surface area contributed by atoms with Crippen LogP contribution in [-0.2, 0) is 12.0 Å². The van der Waals surface area contributed by atoms with Crippen molar-refractivity contribution in [2.24, 2.45) is 0 Å². The summed E-state index contributed by atoms with van der Waals surface area (Å²) in [6.07, 6.45) is 3.61. The van der Waals surface area contributed by atoms with E-state index < -0.39 is 5.82 Å². The van der Waals surface area contributed by atoms with E-state index in [-0.39, 0.29) is 22.4 Å². The molecule has 4 heterocycles. The Hall–Kier alpha value is -5.55. The van der Waals surface area contributed by atoms with E-state index in [2.05, 4.69) is 20.1 Å². The third kappa shape index (κ3) is 4.53. The van der Waals surface area contributed by atoms with E-state index in [1.54, 1.807) is 30.5 Å². The second kappa shape index (κ2) is 9.88. The number of hydrogen-bond donors (Lipinski definition) is 2. The van der Waals surface area contributed by atoms with Gasteiger partial charge in [0.1, 0.15) is 24.2 Å². The quantitative estimate of drug-likeness (QED) is 0.264. The maximum Gasteiger partial charge on any atom is 0.299 e. The van der Waals surface area contributed by atoms with Crippen LogP contribution in [0.1, 0.15) is 25.0 Å². The molecule has 0 radical (unpaired) electrons. The van der Waals surface area contributed by atoms with Crippen LogP contribution < -0.4 is 10.1 Å². The summed E-state index contributed by atoms with van der Waals surface area (Å²) in [5, 5.41) is 23.0. The number of aromatic hydroxyl groups is 1. The number of phenols is 1. The van der Waals surface area contributed by atoms with Gasteiger partial charge in [-0.1, -0.05) is 18.2 Å². The van der Waals surface area contributed by atoms with Gasteiger partial charge in [0, 0.05) is 35.6 Å². The number of ether oxygens (including phenoxy) is 1. The fraction of sp³-hybridized carbons (Fsp3) is 0.200. The number of nitrogens with one attached hydrogen (secondary N) is 1. The standard InChI is InChI=1S/C30H23FN8O2/c1-30(2)16-41-29-36-25-27(37-26(38-28(25)39(29)30)19-12-20(33-3)15-34-14-19)35-10-9-17-7-8-23(40)22(11-17)21-6-4-5-18(13-32)24(21)31/h4-8,11-12,14-15,40H,9-10,16H2,1-2H3,(H,35,37,38). The molecule has 0 amide bonds. The van der Waals surface area contributed by atoms with Crippen molar-refractivity contribution in [3.63, 3.8) is 0 Å². The maximum absolute atomic E-state index is 14.8. The van der Waals surface area contributed by atoms with Crippen molar-refractivity contribution in [1.82, 2.24) is 24.5 Å². The lowest BCUT2D eigenvalue weighted by molar-refractivity contribution is 0.268. The molecule has 41 heavy (non-hydrogen) atoms. The smallest absolute Gasteiger partial charge is 0.299 e. The average Bonchev–Trinajstić information content (AvgIpc) is 3.51. The summed E-state index contributed by atoms with van der Waals surface area (Å²) in [6, 6.07) is 13.5. The molecular weight excluding hydrogens is 523 g/mol. The molecular formula is C30H23FN8O2. The minimum atomic E-state index is -0.675. The first-order valence-corrected chi connectivity index (χ1v) is 12.8. The number of nitriles is 1. The molecule has 2 N–H and O–H groups in total. The maximum atomic E-state index is 14.8. The second-order valence-corrected chi connectivity index (χ2v) is 10.2. The van der Waals surface area contributed by atoms with Gasteiger partial charge in [-0.15, -0.1) is 0 Å². The SMILES string of the molecule is [C-]#[N+]c1cncc(-c2nc(NCCc3ccc(O)c(-c4cccc(C#N)c4F)c3)c3nc4n(c3n2)C(C)(C)CO4)c1. The molecule has 3 aromatic heterocycles. The largest absolute Gasteiger partial charge is 0.507 e. The highest BCUT2D eigenvalue weighted by atomic mass is 19.1. The Morgan fingerprint density at radius 1 is 1.17 bits per heavy atom. The van der Waals surface area contributed by atoms with Crippen LogP contribution in [0.5, 0.6) is 11.8 Å². The number of aromatic nitrogens is 5. The number of pyridine rings is 1. The van der Waals surface area contributed by atoms with Gasteiger partial charge in [-0.25, -0.2) is 19.2 Å². The number of phenolic OH excluding ortho intramolecular Hbond substituents is 1. The first kappa shape index (κ1) is 25.7. The first-order valence-electron chi connectivity index (χ1n) is 12.8. The van der Waals surface area contributed by atoms with E-state index in [1.165, 1.54) is 24.4 Å². The summed E-state index contributed by atoms with van der Waals surface area (Å²) in [5.74, 6) is 0.129. The molecule has 1 aliphatic heterocycles. The summed E-state index contributed by atoms with van der Waals surface area (Å²) in [7, 11) is 0. The van der Waals surface area contributed by atoms with E-state index in [1.807, 2.05) is 24.5 Å². The molecule has 0 spiro atoms. The molecule has 6 rings (SSSR count). The van der Waals surface area contributed by atoms with Crippen molar-refractivity contribution < 1.29 is 14.2 Å². The molecule has 0 unspecified atom stereocenters. The van der Waals surface area contributed by atoms with Crippen LogP contribution in [0.3, 0.4) is 0 Å². The molecule has 0 bridgehead atoms. The van der Waals surface area contributed by atoms with Crippen molar-refractivity contribution in [2.75, 3.05) is 18.5 Å². The van der Waals surface area contributed by atoms with Crippen LogP contribution in [0.15, 0.2) is 54.9 Å². The van der Waals surface area contributed by atoms with Crippen molar-refractivity contribution in [3.8, 4) is 40.3 Å². The molecule has 0 saturated carbocycles. The molecule has 11 heteroatoms. The zero-order valence-corrected chi connectivity index (χ0v) is 22.2. The van der Waals surface area contributed by atoms with E-state index >= 15 is 0 Å². The summed E-state index contributed by atoms with van der Waals surface area (Å²) in [4.78, 5) is 21.8. The van der Waals surface area contributed by atoms with E-state index in [0.29, 0.717) is 65.2 Å². The molecule has 0 atom stereocenters. The van der Waals surface area contributed by atoms with Gasteiger partial charge in [0.2, 0.25) is 5.69 Å². The summed E-state index contributed by atoms with van der Waals surface area (Å²) in [6.45, 7) is 12.3. The fourth-order valence-corrected chi connectivity index (χ4v) is 4.86. The minimum absolute atomic E-state index is 0.0803. The molecule has 1 aliphatic rings. The summed E-state index contributed by atoms with van der Waals surface area (Å²) in [5.41, 5.74) is 2.96. The highest BCUT2D eigenvalue weighted by Crippen LogP contribution is 2.38. The van der Waals surface area contributed by atoms with E-state index in [9.17, 15) is 14.8 Å². The van der Waals surface area contributed by atoms with Gasteiger partial charge >= 0.3 is 0 Å². The second-order valence-electron chi connectivity index (χ2n) is 10.2. The van der Waals surface area contributed by atoms with Crippen molar-refractivity contribution >= 4 is 22.7 Å². The van der Waals surface area contributed by atoms with Crippen LogP contribution in [0.25, 0.3) is 38.5 Å². The predicted octanol–water partition coefficient (Wildman–Crippen LogP) is 5.60. The van der Waals surface area contributed by atoms with Gasteiger partial charge in [0.15, 0.2) is 22.8 Å². The number of hydrogen-bond acceptors (Lipinski definition) is 8. The first-order chi connectivity index (χ1) is 19.8. The number of fused-ring (bicyclic) bond motifs is 3. The number of rotatable bonds is 6. The Morgan fingerprint density at radius 2 is 2.02 bits per heavy atom. The molecule has 0 saturated heterocycles. The topological polar surface area (TPSA) is 126 Å². The molecule has 0 aliphatic carbocycles. The van der Waals surface area contributed by atoms with Crippen LogP contribution in [0, 0.1) is 23.7 Å². The Labute approximate surface area is 234 Å². The Balaban J connectivity index is 1.34. The average molecular weight is 547 g/mol. The number of imidazole rings is 1. The molecule has 202 valence electrons. The fourth-order valence-electron chi connectivity index (χ4n) is 4.86. The van der Waals surface area contributed by atoms with Gasteiger partial charge in [-0.2, -0.15) is 10.2 Å². The Bertz CT molecular complexity index is 1920. The van der Waals surface area contributed by atoms with Crippen molar-refractivity contribution in [1.29, 1.82) is 5.26 Å². The Kier molecular flexibility index (Phi) is 6.20. The minimum Gasteiger partial charge on any atom is -0.507 e. The van der Waals surface area contributed by atoms with Crippen LogP contribution in [-0.4, -0.2) is 42.8 Å². The zero-order valence-electron chi connectivity index (χ0n) is 22.2. The van der Waals surface area contributed by atoms with Crippen LogP contribution in [0.4, 0.5) is 15.9 Å². The van der Waals surface area contributed by atoms with Gasteiger partial charge in [-0.3, -0.25) is 9.55 Å². The van der Waals surface area contributed by atoms with Gasteiger partial charge in [-0.05, 0) is 50.1 Å². The molecule has 10 nitrogen and oxygen atoms in total. The highest BCUT2D eigenvalue weighted by Gasteiger charge is 2.36. The number of anilines is 1. The monoisotopic (exact) mass is 546 g/mol. The van der Waals surface area contributed by atoms with Crippen molar-refractivity contribution in [3.05, 3.63) is 83.2 Å². The molecule has 0 fully saturated rings. The lowest BCUT2D eigenvalue weighted by atomic mass is 9.98. The van der Waals surface area contributed by atoms with Gasteiger partial charge in [0.05, 0.1) is 17.7 Å². The van der Waals surface area contributed by atoms with E-state index in [4.69, 9.17) is 21.3 Å². The summed E-state index contributed by atoms with van der Waals surface area (Å²) < 4.78 is 22.6.